The number of fused-ring (bicyclic) bond motifs is 1. The molecule has 0 atom stereocenters. The smallest absolute Gasteiger partial charge is 0.261 e. The molecule has 1 amide bonds. The first-order valence-electron chi connectivity index (χ1n) is 6.79. The number of hydrogen-bond acceptors (Lipinski definition) is 4. The topological polar surface area (TPSA) is 84.5 Å². The fourth-order valence-corrected chi connectivity index (χ4v) is 3.16. The number of anilines is 2. The van der Waals surface area contributed by atoms with Gasteiger partial charge in [0.1, 0.15) is 11.6 Å². The number of carbonyl (C=O) groups excluding carboxylic acids is 1. The summed E-state index contributed by atoms with van der Waals surface area (Å²) in [5.74, 6) is -0.253. The van der Waals surface area contributed by atoms with Crippen molar-refractivity contribution in [2.45, 2.75) is 11.3 Å². The molecule has 0 spiro atoms. The molecule has 0 aromatic heterocycles. The molecule has 2 aromatic carbocycles. The van der Waals surface area contributed by atoms with Gasteiger partial charge in [-0.1, -0.05) is 0 Å². The van der Waals surface area contributed by atoms with Crippen LogP contribution in [0.3, 0.4) is 0 Å². The molecule has 2 N–H and O–H groups in total. The van der Waals surface area contributed by atoms with Crippen LogP contribution in [0.4, 0.5) is 15.8 Å². The molecule has 1 aliphatic heterocycles. The molecular formula is C15H13FN2O4S. The van der Waals surface area contributed by atoms with Crippen LogP contribution in [-0.4, -0.2) is 20.9 Å². The van der Waals surface area contributed by atoms with E-state index in [0.29, 0.717) is 11.4 Å². The first kappa shape index (κ1) is 15.3. The number of sulfonamides is 1. The molecule has 1 aliphatic rings. The van der Waals surface area contributed by atoms with Gasteiger partial charge in [-0.05, 0) is 42.5 Å². The summed E-state index contributed by atoms with van der Waals surface area (Å²) in [6.07, 6.45) is 0.227. The van der Waals surface area contributed by atoms with Crippen molar-refractivity contribution in [1.29, 1.82) is 0 Å². The van der Waals surface area contributed by atoms with Crippen LogP contribution in [-0.2, 0) is 14.8 Å². The Hall–Kier alpha value is -2.61. The van der Waals surface area contributed by atoms with E-state index in [-0.39, 0.29) is 29.5 Å². The third-order valence-electron chi connectivity index (χ3n) is 3.22. The second-order valence-corrected chi connectivity index (χ2v) is 6.60. The van der Waals surface area contributed by atoms with E-state index < -0.39 is 15.8 Å². The zero-order chi connectivity index (χ0) is 16.4. The van der Waals surface area contributed by atoms with Gasteiger partial charge in [-0.15, -0.1) is 0 Å². The lowest BCUT2D eigenvalue weighted by Crippen LogP contribution is -2.13. The molecule has 0 bridgehead atoms. The monoisotopic (exact) mass is 336 g/mol. The van der Waals surface area contributed by atoms with Crippen LogP contribution in [0.5, 0.6) is 5.75 Å². The minimum Gasteiger partial charge on any atom is -0.491 e. The van der Waals surface area contributed by atoms with Crippen molar-refractivity contribution < 1.29 is 22.3 Å². The van der Waals surface area contributed by atoms with Gasteiger partial charge >= 0.3 is 0 Å². The molecule has 23 heavy (non-hydrogen) atoms. The molecule has 8 heteroatoms. The van der Waals surface area contributed by atoms with E-state index in [2.05, 4.69) is 10.0 Å². The van der Waals surface area contributed by atoms with Crippen molar-refractivity contribution in [2.24, 2.45) is 0 Å². The van der Waals surface area contributed by atoms with E-state index in [4.69, 9.17) is 4.74 Å². The lowest BCUT2D eigenvalue weighted by Gasteiger charge is -2.12. The highest BCUT2D eigenvalue weighted by Gasteiger charge is 2.17. The fraction of sp³-hybridized carbons (Fsp3) is 0.133. The lowest BCUT2D eigenvalue weighted by atomic mass is 10.2. The fourth-order valence-electron chi connectivity index (χ4n) is 2.11. The van der Waals surface area contributed by atoms with Crippen LogP contribution in [0.15, 0.2) is 47.4 Å². The molecule has 2 aromatic rings. The summed E-state index contributed by atoms with van der Waals surface area (Å²) in [6.45, 7) is 0.263. The Bertz CT molecular complexity index is 850. The first-order chi connectivity index (χ1) is 10.9. The van der Waals surface area contributed by atoms with Gasteiger partial charge in [-0.3, -0.25) is 9.52 Å². The Morgan fingerprint density at radius 3 is 2.61 bits per heavy atom. The average molecular weight is 336 g/mol. The van der Waals surface area contributed by atoms with Crippen LogP contribution in [0, 0.1) is 5.82 Å². The summed E-state index contributed by atoms with van der Waals surface area (Å²) < 4.78 is 45.2. The van der Waals surface area contributed by atoms with E-state index in [1.54, 1.807) is 6.07 Å². The molecule has 0 saturated carbocycles. The SMILES string of the molecule is O=C1CCOc2ccc(NS(=O)(=O)c3ccc(F)cc3)cc2N1. The van der Waals surface area contributed by atoms with Gasteiger partial charge in [-0.25, -0.2) is 12.8 Å². The van der Waals surface area contributed by atoms with E-state index in [0.717, 1.165) is 12.1 Å². The van der Waals surface area contributed by atoms with Crippen LogP contribution in [0.1, 0.15) is 6.42 Å². The molecule has 0 aliphatic carbocycles. The molecule has 1 heterocycles. The Kier molecular flexibility index (Phi) is 3.91. The minimum atomic E-state index is -3.85. The van der Waals surface area contributed by atoms with Crippen molar-refractivity contribution >= 4 is 27.3 Å². The van der Waals surface area contributed by atoms with Crippen molar-refractivity contribution in [3.05, 3.63) is 48.3 Å². The van der Waals surface area contributed by atoms with Crippen LogP contribution >= 0.6 is 0 Å². The Morgan fingerprint density at radius 1 is 1.13 bits per heavy atom. The summed E-state index contributed by atoms with van der Waals surface area (Å²) in [5, 5.41) is 2.65. The van der Waals surface area contributed by atoms with Crippen molar-refractivity contribution in [2.75, 3.05) is 16.6 Å². The highest BCUT2D eigenvalue weighted by Crippen LogP contribution is 2.31. The maximum Gasteiger partial charge on any atom is 0.261 e. The predicted molar refractivity (Wildman–Crippen MR) is 82.4 cm³/mol. The van der Waals surface area contributed by atoms with Gasteiger partial charge in [0.15, 0.2) is 0 Å². The lowest BCUT2D eigenvalue weighted by molar-refractivity contribution is -0.116. The largest absolute Gasteiger partial charge is 0.491 e. The maximum atomic E-state index is 12.9. The molecular weight excluding hydrogens is 323 g/mol. The number of carbonyl (C=O) groups is 1. The van der Waals surface area contributed by atoms with E-state index in [1.807, 2.05) is 0 Å². The van der Waals surface area contributed by atoms with Gasteiger partial charge in [0, 0.05) is 0 Å². The second-order valence-electron chi connectivity index (χ2n) is 4.92. The number of nitrogens with one attached hydrogen (secondary N) is 2. The van der Waals surface area contributed by atoms with E-state index in [9.17, 15) is 17.6 Å². The highest BCUT2D eigenvalue weighted by atomic mass is 32.2. The summed E-state index contributed by atoms with van der Waals surface area (Å²) in [7, 11) is -3.85. The standard InChI is InChI=1S/C15H13FN2O4S/c16-10-1-4-12(5-2-10)23(20,21)18-11-3-6-14-13(9-11)17-15(19)7-8-22-14/h1-6,9,18H,7-8H2,(H,17,19). The van der Waals surface area contributed by atoms with Gasteiger partial charge in [0.25, 0.3) is 10.0 Å². The Labute approximate surface area is 132 Å². The predicted octanol–water partition coefficient (Wildman–Crippen LogP) is 2.35. The van der Waals surface area contributed by atoms with Gasteiger partial charge in [-0.2, -0.15) is 0 Å². The van der Waals surface area contributed by atoms with Crippen molar-refractivity contribution in [3.8, 4) is 5.75 Å². The third kappa shape index (κ3) is 3.42. The van der Waals surface area contributed by atoms with Crippen LogP contribution in [0.2, 0.25) is 0 Å². The van der Waals surface area contributed by atoms with Gasteiger partial charge < -0.3 is 10.1 Å². The maximum absolute atomic E-state index is 12.9. The number of rotatable bonds is 3. The molecule has 6 nitrogen and oxygen atoms in total. The molecule has 0 fully saturated rings. The summed E-state index contributed by atoms with van der Waals surface area (Å²) >= 11 is 0. The van der Waals surface area contributed by atoms with Crippen molar-refractivity contribution in [1.82, 2.24) is 0 Å². The summed E-state index contributed by atoms with van der Waals surface area (Å²) in [4.78, 5) is 11.5. The molecule has 0 saturated heterocycles. The quantitative estimate of drug-likeness (QED) is 0.901. The molecule has 3 rings (SSSR count). The minimum absolute atomic E-state index is 0.0610. The van der Waals surface area contributed by atoms with E-state index in [1.165, 1.54) is 24.3 Å². The van der Waals surface area contributed by atoms with E-state index >= 15 is 0 Å². The number of hydrogen-bond donors (Lipinski definition) is 2. The number of amides is 1. The highest BCUT2D eigenvalue weighted by molar-refractivity contribution is 7.92. The zero-order valence-corrected chi connectivity index (χ0v) is 12.7. The zero-order valence-electron chi connectivity index (χ0n) is 11.9. The van der Waals surface area contributed by atoms with Crippen LogP contribution in [0.25, 0.3) is 0 Å². The number of halogens is 1. The van der Waals surface area contributed by atoms with Gasteiger partial charge in [0.2, 0.25) is 5.91 Å². The molecule has 0 unspecified atom stereocenters. The molecule has 0 radical (unpaired) electrons. The Morgan fingerprint density at radius 2 is 1.87 bits per heavy atom. The summed E-state index contributed by atoms with van der Waals surface area (Å²) in [6, 6.07) is 9.05. The second kappa shape index (κ2) is 5.88. The average Bonchev–Trinajstić information content (AvgIpc) is 2.67. The third-order valence-corrected chi connectivity index (χ3v) is 4.61. The number of benzene rings is 2. The normalized spacial score (nSPS) is 14.2. The summed E-state index contributed by atoms with van der Waals surface area (Å²) in [5.41, 5.74) is 0.658. The van der Waals surface area contributed by atoms with Gasteiger partial charge in [0.05, 0.1) is 29.3 Å². The van der Waals surface area contributed by atoms with Crippen LogP contribution < -0.4 is 14.8 Å². The Balaban J connectivity index is 1.88. The molecule has 120 valence electrons. The van der Waals surface area contributed by atoms with Crippen molar-refractivity contribution in [3.63, 3.8) is 0 Å². The number of ether oxygens (including phenoxy) is 1. The first-order valence-corrected chi connectivity index (χ1v) is 8.27.